The Labute approximate surface area is 180 Å². The average molecular weight is 422 g/mol. The highest BCUT2D eigenvalue weighted by Gasteiger charge is 2.29. The Morgan fingerprint density at radius 3 is 2.27 bits per heavy atom. The standard InChI is InChI=1S/C23H37N3O4/c1-17-7-5-6-8-19(17)24-21(27)16-26-13-11-25(12-14-26)15-18-9-10-20(28-2)23(30-4)22(18)29-3/h9-10,17,19H,5-8,11-16H2,1-4H3,(H,24,27)/p+2/t17-,19-/m1/s1. The summed E-state index contributed by atoms with van der Waals surface area (Å²) in [6, 6.07) is 4.37. The second kappa shape index (κ2) is 10.9. The summed E-state index contributed by atoms with van der Waals surface area (Å²) in [6.07, 6.45) is 4.91. The molecule has 0 spiro atoms. The van der Waals surface area contributed by atoms with Crippen LogP contribution in [0.4, 0.5) is 0 Å². The van der Waals surface area contributed by atoms with Gasteiger partial charge in [0.25, 0.3) is 5.91 Å². The molecule has 1 aromatic carbocycles. The number of benzene rings is 1. The molecule has 1 aliphatic heterocycles. The van der Waals surface area contributed by atoms with Crippen LogP contribution in [0.5, 0.6) is 17.2 Å². The SMILES string of the molecule is COc1ccc(C[NH+]2CC[NH+](CC(=O)N[C@@H]3CCCC[C@H]3C)CC2)c(OC)c1OC. The first-order valence-corrected chi connectivity index (χ1v) is 11.3. The van der Waals surface area contributed by atoms with Crippen molar-refractivity contribution in [2.24, 2.45) is 5.92 Å². The molecule has 0 aromatic heterocycles. The van der Waals surface area contributed by atoms with Crippen LogP contribution in [0, 0.1) is 5.92 Å². The molecule has 0 radical (unpaired) electrons. The molecular formula is C23H39N3O4+2. The first-order chi connectivity index (χ1) is 14.5. The van der Waals surface area contributed by atoms with Gasteiger partial charge in [-0.05, 0) is 30.9 Å². The van der Waals surface area contributed by atoms with Crippen LogP contribution in [0.2, 0.25) is 0 Å². The fourth-order valence-corrected chi connectivity index (χ4v) is 4.90. The van der Waals surface area contributed by atoms with Gasteiger partial charge in [-0.15, -0.1) is 0 Å². The van der Waals surface area contributed by atoms with E-state index in [1.165, 1.54) is 29.1 Å². The smallest absolute Gasteiger partial charge is 0.275 e. The third-order valence-corrected chi connectivity index (χ3v) is 6.76. The Morgan fingerprint density at radius 2 is 1.63 bits per heavy atom. The molecule has 2 atom stereocenters. The van der Waals surface area contributed by atoms with E-state index in [1.807, 2.05) is 6.07 Å². The van der Waals surface area contributed by atoms with Crippen LogP contribution in [-0.4, -0.2) is 66.0 Å². The molecule has 2 fully saturated rings. The van der Waals surface area contributed by atoms with Gasteiger partial charge in [-0.1, -0.05) is 19.8 Å². The van der Waals surface area contributed by atoms with Crippen molar-refractivity contribution >= 4 is 5.91 Å². The Bertz CT molecular complexity index is 704. The lowest BCUT2D eigenvalue weighted by Crippen LogP contribution is -3.28. The van der Waals surface area contributed by atoms with Crippen molar-refractivity contribution in [3.8, 4) is 17.2 Å². The molecule has 1 saturated heterocycles. The fourth-order valence-electron chi connectivity index (χ4n) is 4.90. The topological polar surface area (TPSA) is 65.7 Å². The number of nitrogens with one attached hydrogen (secondary N) is 3. The van der Waals surface area contributed by atoms with Gasteiger partial charge in [0.2, 0.25) is 5.75 Å². The van der Waals surface area contributed by atoms with Gasteiger partial charge in [-0.3, -0.25) is 4.79 Å². The highest BCUT2D eigenvalue weighted by atomic mass is 16.5. The summed E-state index contributed by atoms with van der Waals surface area (Å²) < 4.78 is 16.5. The molecule has 3 rings (SSSR count). The number of rotatable bonds is 8. The van der Waals surface area contributed by atoms with E-state index in [0.29, 0.717) is 30.0 Å². The fraction of sp³-hybridized carbons (Fsp3) is 0.696. The van der Waals surface area contributed by atoms with Crippen molar-refractivity contribution in [3.63, 3.8) is 0 Å². The van der Waals surface area contributed by atoms with Gasteiger partial charge in [-0.25, -0.2) is 0 Å². The van der Waals surface area contributed by atoms with Crippen LogP contribution >= 0.6 is 0 Å². The zero-order valence-corrected chi connectivity index (χ0v) is 19.0. The highest BCUT2D eigenvalue weighted by molar-refractivity contribution is 5.77. The molecule has 1 aliphatic carbocycles. The van der Waals surface area contributed by atoms with Gasteiger partial charge in [0, 0.05) is 6.04 Å². The lowest BCUT2D eigenvalue weighted by molar-refractivity contribution is -1.02. The van der Waals surface area contributed by atoms with Gasteiger partial charge in [0.05, 0.1) is 26.9 Å². The van der Waals surface area contributed by atoms with Crippen LogP contribution in [0.15, 0.2) is 12.1 Å². The largest absolute Gasteiger partial charge is 0.493 e. The zero-order chi connectivity index (χ0) is 21.5. The molecule has 3 N–H and O–H groups in total. The molecule has 7 heteroatoms. The van der Waals surface area contributed by atoms with Gasteiger partial charge in [-0.2, -0.15) is 0 Å². The van der Waals surface area contributed by atoms with E-state index in [4.69, 9.17) is 14.2 Å². The van der Waals surface area contributed by atoms with Gasteiger partial charge < -0.3 is 29.3 Å². The molecule has 1 saturated carbocycles. The molecule has 7 nitrogen and oxygen atoms in total. The van der Waals surface area contributed by atoms with Crippen LogP contribution in [0.25, 0.3) is 0 Å². The van der Waals surface area contributed by atoms with Crippen LogP contribution < -0.4 is 29.3 Å². The molecule has 1 amide bonds. The number of methoxy groups -OCH3 is 3. The maximum atomic E-state index is 12.5. The first kappa shape index (κ1) is 22.7. The van der Waals surface area contributed by atoms with E-state index < -0.39 is 0 Å². The quantitative estimate of drug-likeness (QED) is 0.539. The lowest BCUT2D eigenvalue weighted by Gasteiger charge is -2.32. The van der Waals surface area contributed by atoms with Gasteiger partial charge in [0.15, 0.2) is 18.0 Å². The maximum absolute atomic E-state index is 12.5. The Balaban J connectivity index is 1.49. The summed E-state index contributed by atoms with van der Waals surface area (Å²) in [7, 11) is 4.94. The summed E-state index contributed by atoms with van der Waals surface area (Å²) in [4.78, 5) is 15.4. The molecule has 168 valence electrons. The van der Waals surface area contributed by atoms with Crippen LogP contribution in [0.1, 0.15) is 38.2 Å². The Morgan fingerprint density at radius 1 is 0.967 bits per heavy atom. The number of piperazine rings is 1. The molecular weight excluding hydrogens is 382 g/mol. The number of amides is 1. The minimum Gasteiger partial charge on any atom is -0.493 e. The van der Waals surface area contributed by atoms with Crippen molar-refractivity contribution in [1.82, 2.24) is 5.32 Å². The summed E-state index contributed by atoms with van der Waals surface area (Å²) >= 11 is 0. The molecule has 0 unspecified atom stereocenters. The number of carbonyl (C=O) groups excluding carboxylic acids is 1. The summed E-state index contributed by atoms with van der Waals surface area (Å²) in [6.45, 7) is 7.84. The minimum atomic E-state index is 0.216. The molecule has 0 bridgehead atoms. The van der Waals surface area contributed by atoms with E-state index in [0.717, 1.165) is 50.5 Å². The molecule has 2 aliphatic rings. The number of quaternary nitrogens is 2. The monoisotopic (exact) mass is 421 g/mol. The summed E-state index contributed by atoms with van der Waals surface area (Å²) in [5, 5.41) is 3.30. The predicted molar refractivity (Wildman–Crippen MR) is 116 cm³/mol. The molecule has 1 heterocycles. The molecule has 30 heavy (non-hydrogen) atoms. The Hall–Kier alpha value is -1.99. The van der Waals surface area contributed by atoms with Gasteiger partial charge in [0.1, 0.15) is 32.7 Å². The first-order valence-electron chi connectivity index (χ1n) is 11.3. The third-order valence-electron chi connectivity index (χ3n) is 6.76. The predicted octanol–water partition coefficient (Wildman–Crippen LogP) is -0.309. The van der Waals surface area contributed by atoms with Crippen molar-refractivity contribution in [1.29, 1.82) is 0 Å². The average Bonchev–Trinajstić information content (AvgIpc) is 2.76. The highest BCUT2D eigenvalue weighted by Crippen LogP contribution is 2.39. The van der Waals surface area contributed by atoms with E-state index in [2.05, 4.69) is 18.3 Å². The minimum absolute atomic E-state index is 0.216. The van der Waals surface area contributed by atoms with Crippen molar-refractivity contribution in [2.45, 2.75) is 45.2 Å². The number of hydrogen-bond donors (Lipinski definition) is 3. The van der Waals surface area contributed by atoms with E-state index in [1.54, 1.807) is 21.3 Å². The Kier molecular flexibility index (Phi) is 8.22. The second-order valence-electron chi connectivity index (χ2n) is 8.78. The summed E-state index contributed by atoms with van der Waals surface area (Å²) in [5.74, 6) is 2.90. The van der Waals surface area contributed by atoms with Gasteiger partial charge >= 0.3 is 0 Å². The normalized spacial score (nSPS) is 26.7. The van der Waals surface area contributed by atoms with Crippen molar-refractivity contribution in [3.05, 3.63) is 17.7 Å². The van der Waals surface area contributed by atoms with E-state index in [-0.39, 0.29) is 5.91 Å². The summed E-state index contributed by atoms with van der Waals surface area (Å²) in [5.41, 5.74) is 1.12. The van der Waals surface area contributed by atoms with Crippen molar-refractivity contribution in [2.75, 3.05) is 54.1 Å². The number of hydrogen-bond acceptors (Lipinski definition) is 4. The zero-order valence-electron chi connectivity index (χ0n) is 19.0. The van der Waals surface area contributed by atoms with E-state index in [9.17, 15) is 4.79 Å². The number of ether oxygens (including phenoxy) is 3. The number of carbonyl (C=O) groups is 1. The van der Waals surface area contributed by atoms with E-state index >= 15 is 0 Å². The maximum Gasteiger partial charge on any atom is 0.275 e. The van der Waals surface area contributed by atoms with Crippen LogP contribution in [0.3, 0.4) is 0 Å². The lowest BCUT2D eigenvalue weighted by atomic mass is 9.86. The second-order valence-corrected chi connectivity index (χ2v) is 8.78. The van der Waals surface area contributed by atoms with Crippen molar-refractivity contribution < 1.29 is 28.8 Å². The molecule has 1 aromatic rings. The van der Waals surface area contributed by atoms with Crippen LogP contribution in [-0.2, 0) is 11.3 Å². The third kappa shape index (κ3) is 5.58.